The molecule has 0 aliphatic heterocycles. The molecule has 0 atom stereocenters. The fourth-order valence-electron chi connectivity index (χ4n) is 2.72. The topological polar surface area (TPSA) is 52.0 Å². The third kappa shape index (κ3) is 4.10. The predicted octanol–water partition coefficient (Wildman–Crippen LogP) is 4.97. The molecule has 3 aromatic rings. The van der Waals surface area contributed by atoms with Gasteiger partial charge in [0.25, 0.3) is 0 Å². The summed E-state index contributed by atoms with van der Waals surface area (Å²) in [5, 5.41) is 9.17. The highest BCUT2D eigenvalue weighted by molar-refractivity contribution is 5.91. The van der Waals surface area contributed by atoms with E-state index in [2.05, 4.69) is 41.4 Å². The second-order valence-electron chi connectivity index (χ2n) is 5.88. The van der Waals surface area contributed by atoms with Crippen LogP contribution in [0.4, 0.5) is 5.82 Å². The van der Waals surface area contributed by atoms with Crippen LogP contribution >= 0.6 is 0 Å². The molecule has 0 aliphatic rings. The maximum absolute atomic E-state index is 5.19. The first-order valence-corrected chi connectivity index (χ1v) is 8.80. The second kappa shape index (κ2) is 8.51. The highest BCUT2D eigenvalue weighted by Crippen LogP contribution is 2.27. The van der Waals surface area contributed by atoms with Crippen LogP contribution in [0, 0.1) is 6.92 Å². The van der Waals surface area contributed by atoms with Crippen LogP contribution in [-0.4, -0.2) is 21.9 Å². The summed E-state index contributed by atoms with van der Waals surface area (Å²) in [6.07, 6.45) is 1.83. The maximum atomic E-state index is 5.19. The Hall–Kier alpha value is -2.56. The Labute approximate surface area is 150 Å². The number of rotatable bonds is 5. The van der Waals surface area contributed by atoms with Gasteiger partial charge in [0.15, 0.2) is 0 Å². The average Bonchev–Trinajstić information content (AvgIpc) is 3.00. The number of methoxy groups -OCH3 is 1. The Balaban J connectivity index is 0.00000109. The van der Waals surface area contributed by atoms with Crippen LogP contribution < -0.4 is 10.1 Å². The van der Waals surface area contributed by atoms with Gasteiger partial charge in [-0.3, -0.25) is 4.68 Å². The molecule has 5 heteroatoms. The molecule has 0 unspecified atom stereocenters. The standard InChI is InChI=1S/C18H22N4O.C2H6/c1-12(2)22-16-9-10-19-18(17(16)13(3)21-22)20-11-14-5-7-15(23-4)8-6-14;1-2/h5-10,12H,11H2,1-4H3,(H,19,20);1-2H3. The van der Waals surface area contributed by atoms with Crippen molar-refractivity contribution in [3.8, 4) is 5.75 Å². The lowest BCUT2D eigenvalue weighted by atomic mass is 10.2. The van der Waals surface area contributed by atoms with E-state index in [1.165, 1.54) is 5.56 Å². The van der Waals surface area contributed by atoms with Gasteiger partial charge in [0.2, 0.25) is 0 Å². The number of hydrogen-bond acceptors (Lipinski definition) is 4. The average molecular weight is 340 g/mol. The first-order chi connectivity index (χ1) is 12.1. The Morgan fingerprint density at radius 3 is 2.40 bits per heavy atom. The van der Waals surface area contributed by atoms with E-state index >= 15 is 0 Å². The normalized spacial score (nSPS) is 10.5. The molecule has 2 aromatic heterocycles. The predicted molar refractivity (Wildman–Crippen MR) is 104 cm³/mol. The van der Waals surface area contributed by atoms with Crippen molar-refractivity contribution in [2.75, 3.05) is 12.4 Å². The number of anilines is 1. The summed E-state index contributed by atoms with van der Waals surface area (Å²) in [4.78, 5) is 4.50. The van der Waals surface area contributed by atoms with Crippen LogP contribution in [0.1, 0.15) is 45.0 Å². The van der Waals surface area contributed by atoms with Crippen molar-refractivity contribution in [3.05, 3.63) is 47.8 Å². The monoisotopic (exact) mass is 340 g/mol. The van der Waals surface area contributed by atoms with Crippen molar-refractivity contribution < 1.29 is 4.74 Å². The van der Waals surface area contributed by atoms with Gasteiger partial charge >= 0.3 is 0 Å². The maximum Gasteiger partial charge on any atom is 0.137 e. The molecule has 0 saturated heterocycles. The Bertz CT molecular complexity index is 806. The lowest BCUT2D eigenvalue weighted by Gasteiger charge is -2.09. The van der Waals surface area contributed by atoms with Gasteiger partial charge in [0, 0.05) is 18.8 Å². The van der Waals surface area contributed by atoms with Crippen LogP contribution in [0.2, 0.25) is 0 Å². The van der Waals surface area contributed by atoms with Gasteiger partial charge in [-0.05, 0) is 44.5 Å². The van der Waals surface area contributed by atoms with E-state index in [4.69, 9.17) is 4.74 Å². The van der Waals surface area contributed by atoms with Gasteiger partial charge < -0.3 is 10.1 Å². The minimum atomic E-state index is 0.322. The molecule has 3 rings (SSSR count). The van der Waals surface area contributed by atoms with Gasteiger partial charge in [-0.2, -0.15) is 5.10 Å². The molecule has 0 fully saturated rings. The van der Waals surface area contributed by atoms with Gasteiger partial charge in [-0.15, -0.1) is 0 Å². The zero-order valence-corrected chi connectivity index (χ0v) is 16.0. The molecule has 1 N–H and O–H groups in total. The SMILES string of the molecule is CC.COc1ccc(CNc2nccc3c2c(C)nn3C(C)C)cc1. The van der Waals surface area contributed by atoms with E-state index in [-0.39, 0.29) is 0 Å². The van der Waals surface area contributed by atoms with Gasteiger partial charge in [0.05, 0.1) is 23.7 Å². The summed E-state index contributed by atoms with van der Waals surface area (Å²) in [6, 6.07) is 10.4. The van der Waals surface area contributed by atoms with Crippen LogP contribution in [0.3, 0.4) is 0 Å². The number of nitrogens with zero attached hydrogens (tertiary/aromatic N) is 3. The van der Waals surface area contributed by atoms with Crippen LogP contribution in [0.5, 0.6) is 5.75 Å². The lowest BCUT2D eigenvalue weighted by molar-refractivity contribution is 0.414. The van der Waals surface area contributed by atoms with Crippen LogP contribution in [0.25, 0.3) is 10.9 Å². The number of hydrogen-bond donors (Lipinski definition) is 1. The number of pyridine rings is 1. The van der Waals surface area contributed by atoms with E-state index in [9.17, 15) is 0 Å². The fourth-order valence-corrected chi connectivity index (χ4v) is 2.72. The van der Waals surface area contributed by atoms with Gasteiger partial charge in [-0.25, -0.2) is 4.98 Å². The summed E-state index contributed by atoms with van der Waals surface area (Å²) in [5.41, 5.74) is 3.29. The second-order valence-corrected chi connectivity index (χ2v) is 5.88. The molecule has 0 saturated carbocycles. The molecule has 2 heterocycles. The zero-order valence-electron chi connectivity index (χ0n) is 16.0. The van der Waals surface area contributed by atoms with Crippen molar-refractivity contribution >= 4 is 16.7 Å². The van der Waals surface area contributed by atoms with Crippen molar-refractivity contribution in [2.24, 2.45) is 0 Å². The first kappa shape index (κ1) is 18.8. The van der Waals surface area contributed by atoms with Crippen LogP contribution in [-0.2, 0) is 6.54 Å². The molecule has 0 spiro atoms. The quantitative estimate of drug-likeness (QED) is 0.712. The minimum Gasteiger partial charge on any atom is -0.497 e. The number of aromatic nitrogens is 3. The number of nitrogens with one attached hydrogen (secondary N) is 1. The van der Waals surface area contributed by atoms with E-state index in [0.29, 0.717) is 12.6 Å². The molecule has 5 nitrogen and oxygen atoms in total. The number of ether oxygens (including phenoxy) is 1. The number of benzene rings is 1. The fraction of sp³-hybridized carbons (Fsp3) is 0.400. The highest BCUT2D eigenvalue weighted by Gasteiger charge is 2.13. The third-order valence-electron chi connectivity index (χ3n) is 3.90. The summed E-state index contributed by atoms with van der Waals surface area (Å²) in [7, 11) is 1.67. The number of fused-ring (bicyclic) bond motifs is 1. The molecular formula is C20H28N4O. The van der Waals surface area contributed by atoms with E-state index in [0.717, 1.165) is 28.2 Å². The van der Waals surface area contributed by atoms with E-state index in [1.807, 2.05) is 49.8 Å². The van der Waals surface area contributed by atoms with E-state index in [1.54, 1.807) is 7.11 Å². The molecule has 25 heavy (non-hydrogen) atoms. The minimum absolute atomic E-state index is 0.322. The molecule has 0 bridgehead atoms. The van der Waals surface area contributed by atoms with E-state index < -0.39 is 0 Å². The zero-order chi connectivity index (χ0) is 18.4. The molecule has 0 amide bonds. The van der Waals surface area contributed by atoms with Crippen molar-refractivity contribution in [3.63, 3.8) is 0 Å². The van der Waals surface area contributed by atoms with Crippen molar-refractivity contribution in [1.29, 1.82) is 0 Å². The Morgan fingerprint density at radius 1 is 1.12 bits per heavy atom. The highest BCUT2D eigenvalue weighted by atomic mass is 16.5. The lowest BCUT2D eigenvalue weighted by Crippen LogP contribution is -2.03. The van der Waals surface area contributed by atoms with Crippen molar-refractivity contribution in [1.82, 2.24) is 14.8 Å². The molecule has 1 aromatic carbocycles. The molecule has 0 aliphatic carbocycles. The van der Waals surface area contributed by atoms with Gasteiger partial charge in [0.1, 0.15) is 11.6 Å². The van der Waals surface area contributed by atoms with Gasteiger partial charge in [-0.1, -0.05) is 26.0 Å². The number of aryl methyl sites for hydroxylation is 1. The summed E-state index contributed by atoms with van der Waals surface area (Å²) >= 11 is 0. The summed E-state index contributed by atoms with van der Waals surface area (Å²) in [5.74, 6) is 1.74. The molecule has 134 valence electrons. The Kier molecular flexibility index (Phi) is 6.39. The van der Waals surface area contributed by atoms with Crippen molar-refractivity contribution in [2.45, 2.75) is 47.2 Å². The summed E-state index contributed by atoms with van der Waals surface area (Å²) < 4.78 is 7.23. The van der Waals surface area contributed by atoms with Crippen LogP contribution in [0.15, 0.2) is 36.5 Å². The largest absolute Gasteiger partial charge is 0.497 e. The first-order valence-electron chi connectivity index (χ1n) is 8.80. The Morgan fingerprint density at radius 2 is 1.80 bits per heavy atom. The molecule has 0 radical (unpaired) electrons. The summed E-state index contributed by atoms with van der Waals surface area (Å²) in [6.45, 7) is 11.0. The molecular weight excluding hydrogens is 312 g/mol. The smallest absolute Gasteiger partial charge is 0.137 e. The third-order valence-corrected chi connectivity index (χ3v) is 3.90.